The van der Waals surface area contributed by atoms with Crippen LogP contribution in [0.15, 0.2) is 12.7 Å². The van der Waals surface area contributed by atoms with E-state index in [1.165, 1.54) is 6.08 Å². The standard InChI is InChI=1S/C8H10O5/c1-2-3-5(8(12)13)6(9)4-7(10)11/h2,5H,1,3-4H2,(H,10,11)(H,12,13). The Balaban J connectivity index is 4.36. The molecular formula is C8H10O5. The Labute approximate surface area is 74.7 Å². The van der Waals surface area contributed by atoms with Gasteiger partial charge in [-0.05, 0) is 6.42 Å². The van der Waals surface area contributed by atoms with Gasteiger partial charge in [0.15, 0.2) is 5.78 Å². The van der Waals surface area contributed by atoms with Gasteiger partial charge < -0.3 is 10.2 Å². The van der Waals surface area contributed by atoms with Crippen molar-refractivity contribution >= 4 is 17.7 Å². The van der Waals surface area contributed by atoms with Crippen LogP contribution in [-0.2, 0) is 14.4 Å². The minimum absolute atomic E-state index is 0.0402. The summed E-state index contributed by atoms with van der Waals surface area (Å²) < 4.78 is 0. The number of carbonyl (C=O) groups excluding carboxylic acids is 1. The van der Waals surface area contributed by atoms with Crippen molar-refractivity contribution in [3.8, 4) is 0 Å². The summed E-state index contributed by atoms with van der Waals surface area (Å²) in [5, 5.41) is 16.8. The van der Waals surface area contributed by atoms with Crippen LogP contribution in [0.4, 0.5) is 0 Å². The highest BCUT2D eigenvalue weighted by Crippen LogP contribution is 2.08. The number of Topliss-reactive ketones (excluding diaryl/α,β-unsaturated/α-hetero) is 1. The fraction of sp³-hybridized carbons (Fsp3) is 0.375. The Hall–Kier alpha value is -1.65. The minimum Gasteiger partial charge on any atom is -0.481 e. The van der Waals surface area contributed by atoms with Crippen LogP contribution in [0.3, 0.4) is 0 Å². The van der Waals surface area contributed by atoms with Crippen LogP contribution in [0.25, 0.3) is 0 Å². The third-order valence-corrected chi connectivity index (χ3v) is 1.41. The largest absolute Gasteiger partial charge is 0.481 e. The van der Waals surface area contributed by atoms with E-state index in [0.717, 1.165) is 0 Å². The van der Waals surface area contributed by atoms with Crippen LogP contribution in [-0.4, -0.2) is 27.9 Å². The van der Waals surface area contributed by atoms with Gasteiger partial charge in [0.2, 0.25) is 0 Å². The van der Waals surface area contributed by atoms with Crippen molar-refractivity contribution in [2.45, 2.75) is 12.8 Å². The molecule has 0 saturated carbocycles. The lowest BCUT2D eigenvalue weighted by atomic mass is 9.98. The van der Waals surface area contributed by atoms with Crippen molar-refractivity contribution in [3.63, 3.8) is 0 Å². The number of allylic oxidation sites excluding steroid dienone is 1. The second-order valence-corrected chi connectivity index (χ2v) is 2.45. The van der Waals surface area contributed by atoms with Crippen LogP contribution in [0.2, 0.25) is 0 Å². The number of hydrogen-bond acceptors (Lipinski definition) is 3. The van der Waals surface area contributed by atoms with Gasteiger partial charge in [-0.25, -0.2) is 0 Å². The average molecular weight is 186 g/mol. The smallest absolute Gasteiger partial charge is 0.314 e. The molecule has 0 aromatic heterocycles. The molecule has 0 spiro atoms. The molecule has 1 unspecified atom stereocenters. The lowest BCUT2D eigenvalue weighted by molar-refractivity contribution is -0.148. The topological polar surface area (TPSA) is 91.7 Å². The molecule has 0 amide bonds. The van der Waals surface area contributed by atoms with E-state index in [9.17, 15) is 14.4 Å². The van der Waals surface area contributed by atoms with Crippen molar-refractivity contribution < 1.29 is 24.6 Å². The molecule has 0 rings (SSSR count). The normalized spacial score (nSPS) is 11.7. The summed E-state index contributed by atoms with van der Waals surface area (Å²) in [5.41, 5.74) is 0. The van der Waals surface area contributed by atoms with E-state index in [0.29, 0.717) is 0 Å². The number of ketones is 1. The number of carboxylic acids is 2. The van der Waals surface area contributed by atoms with E-state index in [1.54, 1.807) is 0 Å². The van der Waals surface area contributed by atoms with Gasteiger partial charge in [0.1, 0.15) is 12.3 Å². The summed E-state index contributed by atoms with van der Waals surface area (Å²) in [5.74, 6) is -4.72. The predicted octanol–water partition coefficient (Wildman–Crippen LogP) is 0.307. The second-order valence-electron chi connectivity index (χ2n) is 2.45. The van der Waals surface area contributed by atoms with Crippen LogP contribution in [0.1, 0.15) is 12.8 Å². The van der Waals surface area contributed by atoms with E-state index >= 15 is 0 Å². The molecule has 13 heavy (non-hydrogen) atoms. The third kappa shape index (κ3) is 4.05. The minimum atomic E-state index is -1.32. The predicted molar refractivity (Wildman–Crippen MR) is 43.2 cm³/mol. The third-order valence-electron chi connectivity index (χ3n) is 1.41. The molecule has 0 aliphatic heterocycles. The lowest BCUT2D eigenvalue weighted by Gasteiger charge is -2.05. The van der Waals surface area contributed by atoms with Crippen LogP contribution >= 0.6 is 0 Å². The van der Waals surface area contributed by atoms with Gasteiger partial charge >= 0.3 is 11.9 Å². The maximum absolute atomic E-state index is 11.0. The molecule has 0 saturated heterocycles. The fourth-order valence-corrected chi connectivity index (χ4v) is 0.809. The van der Waals surface area contributed by atoms with Gasteiger partial charge in [-0.1, -0.05) is 6.08 Å². The molecule has 0 radical (unpaired) electrons. The van der Waals surface area contributed by atoms with Gasteiger partial charge in [-0.15, -0.1) is 6.58 Å². The molecule has 2 N–H and O–H groups in total. The number of aliphatic carboxylic acids is 2. The molecule has 0 aliphatic rings. The maximum Gasteiger partial charge on any atom is 0.314 e. The highest BCUT2D eigenvalue weighted by molar-refractivity contribution is 6.05. The van der Waals surface area contributed by atoms with Crippen LogP contribution in [0, 0.1) is 5.92 Å². The molecule has 0 aromatic rings. The molecule has 0 fully saturated rings. The van der Waals surface area contributed by atoms with Gasteiger partial charge in [-0.2, -0.15) is 0 Å². The van der Waals surface area contributed by atoms with Gasteiger partial charge in [0, 0.05) is 0 Å². The van der Waals surface area contributed by atoms with E-state index in [4.69, 9.17) is 10.2 Å². The van der Waals surface area contributed by atoms with Gasteiger partial charge in [0.25, 0.3) is 0 Å². The molecule has 5 heteroatoms. The first-order valence-corrected chi connectivity index (χ1v) is 3.57. The number of rotatable bonds is 6. The molecule has 5 nitrogen and oxygen atoms in total. The van der Waals surface area contributed by atoms with E-state index in [1.807, 2.05) is 0 Å². The summed E-state index contributed by atoms with van der Waals surface area (Å²) in [6, 6.07) is 0. The molecule has 1 atom stereocenters. The van der Waals surface area contributed by atoms with E-state index in [2.05, 4.69) is 6.58 Å². The Morgan fingerprint density at radius 3 is 2.15 bits per heavy atom. The molecule has 0 bridgehead atoms. The van der Waals surface area contributed by atoms with E-state index in [-0.39, 0.29) is 6.42 Å². The zero-order valence-corrected chi connectivity index (χ0v) is 6.90. The maximum atomic E-state index is 11.0. The fourth-order valence-electron chi connectivity index (χ4n) is 0.809. The first-order valence-electron chi connectivity index (χ1n) is 3.57. The number of carboxylic acid groups (broad SMARTS) is 2. The quantitative estimate of drug-likeness (QED) is 0.460. The van der Waals surface area contributed by atoms with Crippen molar-refractivity contribution in [2.75, 3.05) is 0 Å². The Bertz CT molecular complexity index is 243. The molecule has 0 aromatic carbocycles. The van der Waals surface area contributed by atoms with Crippen molar-refractivity contribution in [2.24, 2.45) is 5.92 Å². The zero-order valence-electron chi connectivity index (χ0n) is 6.90. The highest BCUT2D eigenvalue weighted by atomic mass is 16.4. The number of carbonyl (C=O) groups is 3. The molecule has 72 valence electrons. The van der Waals surface area contributed by atoms with E-state index < -0.39 is 30.1 Å². The molecular weight excluding hydrogens is 176 g/mol. The first-order chi connectivity index (χ1) is 5.99. The number of hydrogen-bond donors (Lipinski definition) is 2. The highest BCUT2D eigenvalue weighted by Gasteiger charge is 2.25. The summed E-state index contributed by atoms with van der Waals surface area (Å²) in [7, 11) is 0. The van der Waals surface area contributed by atoms with Crippen molar-refractivity contribution in [3.05, 3.63) is 12.7 Å². The summed E-state index contributed by atoms with van der Waals surface area (Å²) in [4.78, 5) is 31.5. The van der Waals surface area contributed by atoms with Crippen LogP contribution in [0.5, 0.6) is 0 Å². The molecule has 0 heterocycles. The summed E-state index contributed by atoms with van der Waals surface area (Å²) >= 11 is 0. The summed E-state index contributed by atoms with van der Waals surface area (Å²) in [6.45, 7) is 3.28. The van der Waals surface area contributed by atoms with Gasteiger partial charge in [-0.3, -0.25) is 14.4 Å². The van der Waals surface area contributed by atoms with Crippen LogP contribution < -0.4 is 0 Å². The van der Waals surface area contributed by atoms with Crippen molar-refractivity contribution in [1.82, 2.24) is 0 Å². The zero-order chi connectivity index (χ0) is 10.4. The second kappa shape index (κ2) is 5.08. The summed E-state index contributed by atoms with van der Waals surface area (Å²) in [6.07, 6.45) is 0.477. The van der Waals surface area contributed by atoms with Gasteiger partial charge in [0.05, 0.1) is 0 Å². The lowest BCUT2D eigenvalue weighted by Crippen LogP contribution is -2.25. The molecule has 0 aliphatic carbocycles. The Kier molecular flexibility index (Phi) is 4.43. The SMILES string of the molecule is C=CCC(C(=O)O)C(=O)CC(=O)O. The Morgan fingerprint density at radius 2 is 1.85 bits per heavy atom. The van der Waals surface area contributed by atoms with Crippen molar-refractivity contribution in [1.29, 1.82) is 0 Å². The average Bonchev–Trinajstić information content (AvgIpc) is 1.97. The first kappa shape index (κ1) is 11.4. The monoisotopic (exact) mass is 186 g/mol. The Morgan fingerprint density at radius 1 is 1.31 bits per heavy atom.